The minimum Gasteiger partial charge on any atom is -0.465 e. The van der Waals surface area contributed by atoms with Gasteiger partial charge in [0, 0.05) is 0 Å². The highest BCUT2D eigenvalue weighted by molar-refractivity contribution is 5.11. The van der Waals surface area contributed by atoms with Gasteiger partial charge >= 0.3 is 0 Å². The van der Waals surface area contributed by atoms with Crippen molar-refractivity contribution in [2.24, 2.45) is 5.92 Å². The predicted molar refractivity (Wildman–Crippen MR) is 66.4 cm³/mol. The fourth-order valence-corrected chi connectivity index (χ4v) is 2.71. The van der Waals surface area contributed by atoms with Crippen molar-refractivity contribution in [3.8, 4) is 0 Å². The first-order chi connectivity index (χ1) is 7.81. The Labute approximate surface area is 98.4 Å². The second-order valence-electron chi connectivity index (χ2n) is 4.92. The van der Waals surface area contributed by atoms with Crippen LogP contribution in [-0.4, -0.2) is 6.54 Å². The molecule has 0 bridgehead atoms. The molecule has 0 spiro atoms. The Morgan fingerprint density at radius 1 is 1.38 bits per heavy atom. The summed E-state index contributed by atoms with van der Waals surface area (Å²) in [6, 6.07) is 4.66. The molecule has 0 saturated heterocycles. The second kappa shape index (κ2) is 5.53. The summed E-state index contributed by atoms with van der Waals surface area (Å²) in [6.07, 6.45) is 6.65. The molecule has 0 amide bonds. The zero-order valence-electron chi connectivity index (χ0n) is 10.5. The number of hydrogen-bond acceptors (Lipinski definition) is 2. The number of nitrogens with one attached hydrogen (secondary N) is 1. The lowest BCUT2D eigenvalue weighted by Crippen LogP contribution is -2.27. The third-order valence-corrected chi connectivity index (χ3v) is 3.55. The predicted octanol–water partition coefficient (Wildman–Crippen LogP) is 3.82. The molecule has 1 fully saturated rings. The molecule has 0 aromatic carbocycles. The highest BCUT2D eigenvalue weighted by Gasteiger charge is 2.27. The number of hydrogen-bond donors (Lipinski definition) is 1. The molecule has 1 N–H and O–H groups in total. The summed E-state index contributed by atoms with van der Waals surface area (Å²) in [7, 11) is 0. The van der Waals surface area contributed by atoms with Gasteiger partial charge in [-0.3, -0.25) is 0 Å². The highest BCUT2D eigenvalue weighted by Crippen LogP contribution is 2.36. The van der Waals surface area contributed by atoms with E-state index in [2.05, 4.69) is 24.4 Å². The fourth-order valence-electron chi connectivity index (χ4n) is 2.71. The molecular formula is C14H23NO. The van der Waals surface area contributed by atoms with Crippen LogP contribution in [0.25, 0.3) is 0 Å². The average molecular weight is 221 g/mol. The lowest BCUT2D eigenvalue weighted by molar-refractivity contribution is 0.308. The van der Waals surface area contributed by atoms with Crippen molar-refractivity contribution >= 4 is 0 Å². The molecule has 1 unspecified atom stereocenters. The van der Waals surface area contributed by atoms with Gasteiger partial charge in [0.2, 0.25) is 0 Å². The lowest BCUT2D eigenvalue weighted by Gasteiger charge is -2.22. The van der Waals surface area contributed by atoms with Crippen LogP contribution in [0.1, 0.15) is 56.6 Å². The molecule has 90 valence electrons. The van der Waals surface area contributed by atoms with Gasteiger partial charge in [0.05, 0.1) is 6.04 Å². The van der Waals surface area contributed by atoms with Gasteiger partial charge in [-0.2, -0.15) is 0 Å². The largest absolute Gasteiger partial charge is 0.465 e. The van der Waals surface area contributed by atoms with E-state index in [4.69, 9.17) is 4.42 Å². The zero-order valence-corrected chi connectivity index (χ0v) is 10.5. The van der Waals surface area contributed by atoms with Crippen LogP contribution in [0.15, 0.2) is 16.5 Å². The van der Waals surface area contributed by atoms with Crippen molar-refractivity contribution in [1.29, 1.82) is 0 Å². The Balaban J connectivity index is 2.06. The summed E-state index contributed by atoms with van der Waals surface area (Å²) >= 11 is 0. The second-order valence-corrected chi connectivity index (χ2v) is 4.92. The highest BCUT2D eigenvalue weighted by atomic mass is 16.3. The van der Waals surface area contributed by atoms with Gasteiger partial charge < -0.3 is 9.73 Å². The Hall–Kier alpha value is -0.760. The molecule has 1 aliphatic rings. The maximum atomic E-state index is 5.79. The standard InChI is InChI=1S/C14H23NO/c1-3-10-15-14(12-6-4-5-7-12)13-9-8-11(2)16-13/h8-9,12,14-15H,3-7,10H2,1-2H3. The molecule has 16 heavy (non-hydrogen) atoms. The van der Waals surface area contributed by atoms with Crippen LogP contribution in [0.2, 0.25) is 0 Å². The summed E-state index contributed by atoms with van der Waals surface area (Å²) in [5.41, 5.74) is 0. The smallest absolute Gasteiger partial charge is 0.121 e. The van der Waals surface area contributed by atoms with E-state index in [0.717, 1.165) is 24.0 Å². The zero-order chi connectivity index (χ0) is 11.4. The van der Waals surface area contributed by atoms with E-state index in [0.29, 0.717) is 6.04 Å². The van der Waals surface area contributed by atoms with Gasteiger partial charge in [-0.1, -0.05) is 19.8 Å². The SMILES string of the molecule is CCCNC(c1ccc(C)o1)C1CCCC1. The Kier molecular flexibility index (Phi) is 4.05. The summed E-state index contributed by atoms with van der Waals surface area (Å²) in [5, 5.41) is 3.65. The minimum absolute atomic E-state index is 0.441. The van der Waals surface area contributed by atoms with Gasteiger partial charge in [-0.05, 0) is 50.8 Å². The van der Waals surface area contributed by atoms with Crippen molar-refractivity contribution < 1.29 is 4.42 Å². The minimum atomic E-state index is 0.441. The summed E-state index contributed by atoms with van der Waals surface area (Å²) < 4.78 is 5.79. The van der Waals surface area contributed by atoms with E-state index in [1.54, 1.807) is 0 Å². The van der Waals surface area contributed by atoms with Crippen molar-refractivity contribution in [3.63, 3.8) is 0 Å². The van der Waals surface area contributed by atoms with E-state index in [1.807, 2.05) is 6.92 Å². The molecule has 1 aromatic heterocycles. The van der Waals surface area contributed by atoms with Crippen molar-refractivity contribution in [2.75, 3.05) is 6.54 Å². The third kappa shape index (κ3) is 2.67. The van der Waals surface area contributed by atoms with E-state index in [1.165, 1.54) is 32.1 Å². The summed E-state index contributed by atoms with van der Waals surface area (Å²) in [5.74, 6) is 2.94. The number of furan rings is 1. The first kappa shape index (κ1) is 11.7. The Morgan fingerprint density at radius 2 is 2.12 bits per heavy atom. The van der Waals surface area contributed by atoms with Crippen LogP contribution in [0.5, 0.6) is 0 Å². The molecule has 1 saturated carbocycles. The van der Waals surface area contributed by atoms with E-state index < -0.39 is 0 Å². The van der Waals surface area contributed by atoms with Crippen LogP contribution >= 0.6 is 0 Å². The maximum absolute atomic E-state index is 5.79. The van der Waals surface area contributed by atoms with Crippen LogP contribution in [0, 0.1) is 12.8 Å². The van der Waals surface area contributed by atoms with E-state index in [9.17, 15) is 0 Å². The topological polar surface area (TPSA) is 25.2 Å². The molecule has 2 rings (SSSR count). The monoisotopic (exact) mass is 221 g/mol. The molecule has 0 aliphatic heterocycles. The van der Waals surface area contributed by atoms with Gasteiger partial charge in [-0.25, -0.2) is 0 Å². The third-order valence-electron chi connectivity index (χ3n) is 3.55. The summed E-state index contributed by atoms with van der Waals surface area (Å²) in [4.78, 5) is 0. The fraction of sp³-hybridized carbons (Fsp3) is 0.714. The molecule has 2 heteroatoms. The molecule has 2 nitrogen and oxygen atoms in total. The Morgan fingerprint density at radius 3 is 2.69 bits per heavy atom. The van der Waals surface area contributed by atoms with Crippen LogP contribution in [-0.2, 0) is 0 Å². The number of rotatable bonds is 5. The molecular weight excluding hydrogens is 198 g/mol. The van der Waals surface area contributed by atoms with Crippen molar-refractivity contribution in [3.05, 3.63) is 23.7 Å². The molecule has 1 heterocycles. The molecule has 1 atom stereocenters. The van der Waals surface area contributed by atoms with E-state index in [-0.39, 0.29) is 0 Å². The molecule has 0 radical (unpaired) electrons. The van der Waals surface area contributed by atoms with Gasteiger partial charge in [0.25, 0.3) is 0 Å². The molecule has 1 aliphatic carbocycles. The van der Waals surface area contributed by atoms with Gasteiger partial charge in [-0.15, -0.1) is 0 Å². The van der Waals surface area contributed by atoms with Gasteiger partial charge in [0.15, 0.2) is 0 Å². The first-order valence-corrected chi connectivity index (χ1v) is 6.61. The van der Waals surface area contributed by atoms with Crippen LogP contribution in [0.3, 0.4) is 0 Å². The number of aryl methyl sites for hydroxylation is 1. The van der Waals surface area contributed by atoms with Gasteiger partial charge in [0.1, 0.15) is 11.5 Å². The van der Waals surface area contributed by atoms with E-state index >= 15 is 0 Å². The average Bonchev–Trinajstić information content (AvgIpc) is 2.91. The normalized spacial score (nSPS) is 19.1. The summed E-state index contributed by atoms with van der Waals surface area (Å²) in [6.45, 7) is 5.32. The van der Waals surface area contributed by atoms with Crippen LogP contribution < -0.4 is 5.32 Å². The first-order valence-electron chi connectivity index (χ1n) is 6.61. The Bertz CT molecular complexity index is 312. The van der Waals surface area contributed by atoms with Crippen LogP contribution in [0.4, 0.5) is 0 Å². The lowest BCUT2D eigenvalue weighted by atomic mass is 9.96. The van der Waals surface area contributed by atoms with Crippen molar-refractivity contribution in [2.45, 2.75) is 52.0 Å². The maximum Gasteiger partial charge on any atom is 0.121 e. The quantitative estimate of drug-likeness (QED) is 0.817. The molecule has 1 aromatic rings. The van der Waals surface area contributed by atoms with Crippen molar-refractivity contribution in [1.82, 2.24) is 5.32 Å².